The van der Waals surface area contributed by atoms with E-state index in [2.05, 4.69) is 26.1 Å². The van der Waals surface area contributed by atoms with E-state index in [1.54, 1.807) is 0 Å². The predicted octanol–water partition coefficient (Wildman–Crippen LogP) is 16.2. The van der Waals surface area contributed by atoms with Crippen molar-refractivity contribution in [3.8, 4) is 0 Å². The van der Waals surface area contributed by atoms with Crippen LogP contribution >= 0.6 is 11.8 Å². The fraction of sp³-hybridized carbons (Fsp3) is 0.926. The van der Waals surface area contributed by atoms with Gasteiger partial charge in [-0.15, -0.1) is 0 Å². The van der Waals surface area contributed by atoms with Gasteiger partial charge in [0.25, 0.3) is 0 Å². The molecule has 0 saturated heterocycles. The summed E-state index contributed by atoms with van der Waals surface area (Å²) in [7, 11) is 0. The van der Waals surface area contributed by atoms with Crippen molar-refractivity contribution in [2.75, 3.05) is 18.1 Å². The highest BCUT2D eigenvalue weighted by molar-refractivity contribution is 7.99. The standard InChI is InChI=1S/C54H102NO6S/c1-4-7-10-13-16-19-22-25-28-31-34-37-40-43-52(57)55-50(46-56)48-62-49-51(61-54(59)45-42-39-36-33-30-27-24-21-18-15-12-9-6-3)47-60-53(58)44-41-38-35-32-29-26-23-20-17-14-11-8-5-2/h50-51H,4-45,47-49H2,1-3H3,(H,55,57)/t50-,51?/m1/s1. The van der Waals surface area contributed by atoms with Gasteiger partial charge < -0.3 is 14.8 Å². The Morgan fingerprint density at radius 2 is 0.726 bits per heavy atom. The molecule has 0 rings (SSSR count). The molecule has 0 aromatic heterocycles. The van der Waals surface area contributed by atoms with Crippen LogP contribution in [-0.2, 0) is 28.7 Å². The molecule has 0 bridgehead atoms. The van der Waals surface area contributed by atoms with Crippen LogP contribution in [0.3, 0.4) is 0 Å². The van der Waals surface area contributed by atoms with E-state index in [0.29, 0.717) is 30.8 Å². The quantitative estimate of drug-likeness (QED) is 0.0480. The molecular weight excluding hydrogens is 791 g/mol. The maximum absolute atomic E-state index is 12.9. The Morgan fingerprint density at radius 1 is 0.419 bits per heavy atom. The number of nitrogens with one attached hydrogen (secondary N) is 1. The molecule has 0 aromatic rings. The third-order valence-electron chi connectivity index (χ3n) is 12.3. The van der Waals surface area contributed by atoms with Crippen LogP contribution < -0.4 is 5.32 Å². The van der Waals surface area contributed by atoms with Crippen molar-refractivity contribution in [1.82, 2.24) is 5.32 Å². The van der Waals surface area contributed by atoms with Crippen molar-refractivity contribution >= 4 is 35.9 Å². The second-order valence-corrected chi connectivity index (χ2v) is 19.6. The minimum atomic E-state index is -0.727. The number of hydrogen-bond acceptors (Lipinski definition) is 7. The third kappa shape index (κ3) is 46.4. The highest BCUT2D eigenvalue weighted by Gasteiger charge is 2.20. The lowest BCUT2D eigenvalue weighted by Gasteiger charge is -2.19. The van der Waals surface area contributed by atoms with Gasteiger partial charge in [0, 0.05) is 30.8 Å². The summed E-state index contributed by atoms with van der Waals surface area (Å²) >= 11 is 1.42. The van der Waals surface area contributed by atoms with E-state index < -0.39 is 12.1 Å². The van der Waals surface area contributed by atoms with E-state index in [1.807, 2.05) is 6.29 Å². The first-order valence-corrected chi connectivity index (χ1v) is 28.2. The zero-order chi connectivity index (χ0) is 45.2. The molecule has 0 saturated carbocycles. The van der Waals surface area contributed by atoms with Gasteiger partial charge in [-0.05, 0) is 19.3 Å². The Balaban J connectivity index is 4.48. The van der Waals surface area contributed by atoms with Gasteiger partial charge in [0.05, 0.1) is 0 Å². The van der Waals surface area contributed by atoms with Crippen molar-refractivity contribution < 1.29 is 28.7 Å². The van der Waals surface area contributed by atoms with E-state index in [1.165, 1.54) is 204 Å². The van der Waals surface area contributed by atoms with Gasteiger partial charge in [0.1, 0.15) is 18.8 Å². The zero-order valence-electron chi connectivity index (χ0n) is 41.3. The first-order valence-electron chi connectivity index (χ1n) is 27.1. The van der Waals surface area contributed by atoms with Gasteiger partial charge in [-0.3, -0.25) is 19.2 Å². The number of rotatable bonds is 51. The molecule has 0 aliphatic rings. The van der Waals surface area contributed by atoms with Gasteiger partial charge in [0.15, 0.2) is 0 Å². The second kappa shape index (κ2) is 50.4. The fourth-order valence-electron chi connectivity index (χ4n) is 8.19. The predicted molar refractivity (Wildman–Crippen MR) is 267 cm³/mol. The van der Waals surface area contributed by atoms with Crippen LogP contribution in [0, 0.1) is 0 Å². The van der Waals surface area contributed by atoms with Crippen molar-refractivity contribution in [1.29, 1.82) is 0 Å². The summed E-state index contributed by atoms with van der Waals surface area (Å²) in [6.45, 7) is 6.79. The molecule has 1 amide bonds. The van der Waals surface area contributed by atoms with Gasteiger partial charge >= 0.3 is 11.9 Å². The van der Waals surface area contributed by atoms with Crippen LogP contribution in [-0.4, -0.2) is 54.4 Å². The number of carbonyl (C=O) groups excluding carboxylic acids is 4. The first kappa shape index (κ1) is 60.4. The minimum absolute atomic E-state index is 0.00942. The Kier molecular flexibility index (Phi) is 49.2. The summed E-state index contributed by atoms with van der Waals surface area (Å²) < 4.78 is 11.5. The molecule has 7 nitrogen and oxygen atoms in total. The molecule has 365 valence electrons. The second-order valence-electron chi connectivity index (χ2n) is 18.5. The Labute approximate surface area is 389 Å². The number of carbonyl (C=O) groups is 3. The van der Waals surface area contributed by atoms with Crippen molar-refractivity contribution in [2.24, 2.45) is 0 Å². The van der Waals surface area contributed by atoms with E-state index in [4.69, 9.17) is 9.47 Å². The molecule has 1 N–H and O–H groups in total. The molecule has 8 heteroatoms. The van der Waals surface area contributed by atoms with Crippen molar-refractivity contribution in [3.63, 3.8) is 0 Å². The number of ether oxygens (including phenoxy) is 2. The first-order chi connectivity index (χ1) is 30.5. The average Bonchev–Trinajstić information content (AvgIpc) is 3.27. The molecular formula is C54H102NO6S. The number of esters is 2. The van der Waals surface area contributed by atoms with Gasteiger partial charge in [0.2, 0.25) is 12.2 Å². The molecule has 1 unspecified atom stereocenters. The van der Waals surface area contributed by atoms with Crippen molar-refractivity contribution in [3.05, 3.63) is 0 Å². The molecule has 0 fully saturated rings. The van der Waals surface area contributed by atoms with E-state index in [-0.39, 0.29) is 24.5 Å². The third-order valence-corrected chi connectivity index (χ3v) is 13.4. The van der Waals surface area contributed by atoms with Crippen molar-refractivity contribution in [2.45, 2.75) is 303 Å². The zero-order valence-corrected chi connectivity index (χ0v) is 42.1. The maximum atomic E-state index is 12.9. The molecule has 0 aliphatic heterocycles. The van der Waals surface area contributed by atoms with Gasteiger partial charge in [-0.1, -0.05) is 252 Å². The normalized spacial score (nSPS) is 12.3. The molecule has 0 heterocycles. The molecule has 62 heavy (non-hydrogen) atoms. The summed E-state index contributed by atoms with van der Waals surface area (Å²) in [6, 6.07) is -0.727. The highest BCUT2D eigenvalue weighted by atomic mass is 32.2. The number of hydrogen-bond donors (Lipinski definition) is 1. The highest BCUT2D eigenvalue weighted by Crippen LogP contribution is 2.17. The van der Waals surface area contributed by atoms with E-state index in [9.17, 15) is 19.2 Å². The summed E-state index contributed by atoms with van der Waals surface area (Å²) in [4.78, 5) is 49.9. The molecule has 0 aliphatic carbocycles. The molecule has 1 radical (unpaired) electrons. The summed E-state index contributed by atoms with van der Waals surface area (Å²) in [5, 5.41) is 2.82. The maximum Gasteiger partial charge on any atom is 0.306 e. The SMILES string of the molecule is CCCCCCCCCCCCCCCC(=O)N[C@H]([C]=O)CSCC(COC(=O)CCCCCCCCCCCCCCC)OC(=O)CCCCCCCCCCCCCCC. The number of unbranched alkanes of at least 4 members (excludes halogenated alkanes) is 36. The van der Waals surface area contributed by atoms with Crippen LogP contribution in [0.4, 0.5) is 0 Å². The van der Waals surface area contributed by atoms with Crippen LogP contribution in [0.1, 0.15) is 290 Å². The smallest absolute Gasteiger partial charge is 0.306 e. The van der Waals surface area contributed by atoms with Crippen LogP contribution in [0.2, 0.25) is 0 Å². The minimum Gasteiger partial charge on any atom is -0.462 e. The lowest BCUT2D eigenvalue weighted by atomic mass is 10.0. The Hall–Kier alpha value is -1.57. The summed E-state index contributed by atoms with van der Waals surface area (Å²) in [5.41, 5.74) is 0. The number of amides is 1. The lowest BCUT2D eigenvalue weighted by Crippen LogP contribution is -2.38. The molecule has 0 spiro atoms. The van der Waals surface area contributed by atoms with Crippen LogP contribution in [0.15, 0.2) is 0 Å². The fourth-order valence-corrected chi connectivity index (χ4v) is 9.14. The molecule has 2 atom stereocenters. The van der Waals surface area contributed by atoms with Crippen LogP contribution in [0.25, 0.3) is 0 Å². The Morgan fingerprint density at radius 3 is 1.06 bits per heavy atom. The van der Waals surface area contributed by atoms with Crippen LogP contribution in [0.5, 0.6) is 0 Å². The largest absolute Gasteiger partial charge is 0.462 e. The van der Waals surface area contributed by atoms with Gasteiger partial charge in [-0.2, -0.15) is 11.8 Å². The van der Waals surface area contributed by atoms with E-state index in [0.717, 1.165) is 57.8 Å². The van der Waals surface area contributed by atoms with Gasteiger partial charge in [-0.25, -0.2) is 0 Å². The average molecular weight is 893 g/mol. The Bertz CT molecular complexity index is 979. The van der Waals surface area contributed by atoms with E-state index >= 15 is 0 Å². The lowest BCUT2D eigenvalue weighted by molar-refractivity contribution is -0.157. The monoisotopic (exact) mass is 893 g/mol. The topological polar surface area (TPSA) is 98.8 Å². The molecule has 0 aromatic carbocycles. The summed E-state index contributed by atoms with van der Waals surface area (Å²) in [6.07, 6.45) is 51.3. The number of thioether (sulfide) groups is 1. The summed E-state index contributed by atoms with van der Waals surface area (Å²) in [5.74, 6) is 0.0626.